The number of terminal acetylenes is 1. The van der Waals surface area contributed by atoms with Gasteiger partial charge in [0.05, 0.1) is 11.3 Å². The Hall–Kier alpha value is -2.00. The number of carboxylic acids is 1. The Morgan fingerprint density at radius 2 is 2.10 bits per heavy atom. The van der Waals surface area contributed by atoms with Gasteiger partial charge >= 0.3 is 12.0 Å². The van der Waals surface area contributed by atoms with Crippen LogP contribution in [0.2, 0.25) is 0 Å². The number of amides is 2. The van der Waals surface area contributed by atoms with Gasteiger partial charge in [-0.25, -0.2) is 9.59 Å². The number of nitrogens with one attached hydrogen (secondary N) is 2. The van der Waals surface area contributed by atoms with E-state index in [1.165, 1.54) is 12.1 Å². The van der Waals surface area contributed by atoms with Crippen molar-refractivity contribution in [3.05, 3.63) is 28.2 Å². The molecule has 3 N–H and O–H groups in total. The minimum absolute atomic E-state index is 0.109. The molecule has 1 aromatic carbocycles. The third kappa shape index (κ3) is 5.33. The zero-order chi connectivity index (χ0) is 15.0. The van der Waals surface area contributed by atoms with E-state index < -0.39 is 5.97 Å². The van der Waals surface area contributed by atoms with Crippen LogP contribution in [0.3, 0.4) is 0 Å². The first-order chi connectivity index (χ1) is 9.54. The van der Waals surface area contributed by atoms with E-state index >= 15 is 0 Å². The molecule has 0 saturated heterocycles. The zero-order valence-electron chi connectivity index (χ0n) is 10.8. The maximum atomic E-state index is 11.6. The molecule has 2 amide bonds. The lowest BCUT2D eigenvalue weighted by Crippen LogP contribution is -2.29. The number of anilines is 1. The molecule has 0 heterocycles. The SMILES string of the molecule is C#CCCCCNC(=O)Nc1cc(C(=O)O)ccc1Br. The molecule has 0 aliphatic carbocycles. The van der Waals surface area contributed by atoms with Gasteiger partial charge in [-0.15, -0.1) is 12.3 Å². The highest BCUT2D eigenvalue weighted by Gasteiger charge is 2.09. The van der Waals surface area contributed by atoms with Crippen LogP contribution in [0.4, 0.5) is 10.5 Å². The molecule has 20 heavy (non-hydrogen) atoms. The van der Waals surface area contributed by atoms with Gasteiger partial charge in [-0.2, -0.15) is 0 Å². The van der Waals surface area contributed by atoms with Gasteiger partial charge in [-0.1, -0.05) is 0 Å². The van der Waals surface area contributed by atoms with Crippen molar-refractivity contribution < 1.29 is 14.7 Å². The van der Waals surface area contributed by atoms with E-state index in [1.807, 2.05) is 0 Å². The predicted octanol–water partition coefficient (Wildman–Crippen LogP) is 3.07. The molecule has 0 fully saturated rings. The normalized spacial score (nSPS) is 9.60. The Balaban J connectivity index is 2.51. The van der Waals surface area contributed by atoms with Gasteiger partial charge in [-0.05, 0) is 47.0 Å². The first-order valence-corrected chi connectivity index (χ1v) is 6.85. The second kappa shape index (κ2) is 8.23. The molecule has 106 valence electrons. The number of halogens is 1. The van der Waals surface area contributed by atoms with Gasteiger partial charge in [0, 0.05) is 17.4 Å². The van der Waals surface area contributed by atoms with Crippen LogP contribution >= 0.6 is 15.9 Å². The highest BCUT2D eigenvalue weighted by Crippen LogP contribution is 2.23. The topological polar surface area (TPSA) is 78.4 Å². The first-order valence-electron chi connectivity index (χ1n) is 6.05. The highest BCUT2D eigenvalue weighted by molar-refractivity contribution is 9.10. The van der Waals surface area contributed by atoms with E-state index in [1.54, 1.807) is 6.07 Å². The summed E-state index contributed by atoms with van der Waals surface area (Å²) in [5.41, 5.74) is 0.517. The average molecular weight is 339 g/mol. The number of rotatable bonds is 6. The number of unbranched alkanes of at least 4 members (excludes halogenated alkanes) is 2. The summed E-state index contributed by atoms with van der Waals surface area (Å²) in [6, 6.07) is 4.04. The monoisotopic (exact) mass is 338 g/mol. The summed E-state index contributed by atoms with van der Waals surface area (Å²) in [5, 5.41) is 14.2. The first kappa shape index (κ1) is 16.1. The summed E-state index contributed by atoms with van der Waals surface area (Å²) in [6.07, 6.45) is 7.47. The summed E-state index contributed by atoms with van der Waals surface area (Å²) in [5.74, 6) is 1.48. The molecular formula is C14H15BrN2O3. The van der Waals surface area contributed by atoms with Gasteiger partial charge in [-0.3, -0.25) is 0 Å². The van der Waals surface area contributed by atoms with Crippen LogP contribution in [0, 0.1) is 12.3 Å². The number of benzene rings is 1. The van der Waals surface area contributed by atoms with Crippen molar-refractivity contribution in [2.45, 2.75) is 19.3 Å². The summed E-state index contributed by atoms with van der Waals surface area (Å²) in [6.45, 7) is 0.518. The fourth-order valence-corrected chi connectivity index (χ4v) is 1.82. The molecule has 5 nitrogen and oxygen atoms in total. The number of carbonyl (C=O) groups excluding carboxylic acids is 1. The molecule has 0 bridgehead atoms. The van der Waals surface area contributed by atoms with Crippen LogP contribution in [0.5, 0.6) is 0 Å². The molecule has 1 aromatic rings. The van der Waals surface area contributed by atoms with Gasteiger partial charge in [0.1, 0.15) is 0 Å². The molecule has 0 aliphatic heterocycles. The van der Waals surface area contributed by atoms with Crippen molar-refractivity contribution in [1.82, 2.24) is 5.32 Å². The quantitative estimate of drug-likeness (QED) is 0.551. The van der Waals surface area contributed by atoms with Crippen molar-refractivity contribution >= 4 is 33.6 Å². The Morgan fingerprint density at radius 1 is 1.35 bits per heavy atom. The Labute approximate surface area is 125 Å². The molecular weight excluding hydrogens is 324 g/mol. The van der Waals surface area contributed by atoms with Crippen molar-refractivity contribution in [2.75, 3.05) is 11.9 Å². The van der Waals surface area contributed by atoms with Crippen LogP contribution < -0.4 is 10.6 Å². The van der Waals surface area contributed by atoms with E-state index in [0.717, 1.165) is 12.8 Å². The highest BCUT2D eigenvalue weighted by atomic mass is 79.9. The number of hydrogen-bond donors (Lipinski definition) is 3. The Morgan fingerprint density at radius 3 is 2.75 bits per heavy atom. The number of carboxylic acid groups (broad SMARTS) is 1. The molecule has 0 atom stereocenters. The smallest absolute Gasteiger partial charge is 0.335 e. The van der Waals surface area contributed by atoms with Crippen molar-refractivity contribution in [2.24, 2.45) is 0 Å². The van der Waals surface area contributed by atoms with E-state index in [-0.39, 0.29) is 11.6 Å². The lowest BCUT2D eigenvalue weighted by atomic mass is 10.2. The third-order valence-electron chi connectivity index (χ3n) is 2.49. The van der Waals surface area contributed by atoms with Gasteiger partial charge < -0.3 is 15.7 Å². The number of hydrogen-bond acceptors (Lipinski definition) is 2. The van der Waals surface area contributed by atoms with Gasteiger partial charge in [0.15, 0.2) is 0 Å². The lowest BCUT2D eigenvalue weighted by Gasteiger charge is -2.09. The molecule has 0 aliphatic rings. The molecule has 6 heteroatoms. The maximum Gasteiger partial charge on any atom is 0.335 e. The molecule has 0 saturated carbocycles. The number of carbonyl (C=O) groups is 2. The standard InChI is InChI=1S/C14H15BrN2O3/c1-2-3-4-5-8-16-14(20)17-12-9-10(13(18)19)6-7-11(12)15/h1,6-7,9H,3-5,8H2,(H,18,19)(H2,16,17,20). The second-order valence-electron chi connectivity index (χ2n) is 4.04. The number of aromatic carboxylic acids is 1. The molecule has 0 spiro atoms. The fourth-order valence-electron chi connectivity index (χ4n) is 1.47. The Bertz CT molecular complexity index is 538. The van der Waals surface area contributed by atoms with Crippen molar-refractivity contribution in [3.8, 4) is 12.3 Å². The van der Waals surface area contributed by atoms with E-state index in [0.29, 0.717) is 23.1 Å². The van der Waals surface area contributed by atoms with Crippen LogP contribution in [0.1, 0.15) is 29.6 Å². The van der Waals surface area contributed by atoms with Crippen molar-refractivity contribution in [1.29, 1.82) is 0 Å². The fraction of sp³-hybridized carbons (Fsp3) is 0.286. The largest absolute Gasteiger partial charge is 0.478 e. The third-order valence-corrected chi connectivity index (χ3v) is 3.19. The van der Waals surface area contributed by atoms with Crippen LogP contribution in [-0.4, -0.2) is 23.7 Å². The minimum Gasteiger partial charge on any atom is -0.478 e. The summed E-state index contributed by atoms with van der Waals surface area (Å²) in [4.78, 5) is 22.5. The summed E-state index contributed by atoms with van der Waals surface area (Å²) in [7, 11) is 0. The molecule has 0 radical (unpaired) electrons. The van der Waals surface area contributed by atoms with E-state index in [4.69, 9.17) is 11.5 Å². The molecule has 0 aromatic heterocycles. The Kier molecular flexibility index (Phi) is 6.60. The van der Waals surface area contributed by atoms with Crippen LogP contribution in [-0.2, 0) is 0 Å². The summed E-state index contributed by atoms with van der Waals surface area (Å²) < 4.78 is 0.616. The average Bonchev–Trinajstić information content (AvgIpc) is 2.40. The van der Waals surface area contributed by atoms with E-state index in [2.05, 4.69) is 32.5 Å². The lowest BCUT2D eigenvalue weighted by molar-refractivity contribution is 0.0697. The molecule has 0 unspecified atom stereocenters. The summed E-state index contributed by atoms with van der Waals surface area (Å²) >= 11 is 3.25. The predicted molar refractivity (Wildman–Crippen MR) is 80.8 cm³/mol. The van der Waals surface area contributed by atoms with Gasteiger partial charge in [0.2, 0.25) is 0 Å². The van der Waals surface area contributed by atoms with Gasteiger partial charge in [0.25, 0.3) is 0 Å². The number of urea groups is 1. The van der Waals surface area contributed by atoms with Crippen LogP contribution in [0.25, 0.3) is 0 Å². The zero-order valence-corrected chi connectivity index (χ0v) is 12.4. The second-order valence-corrected chi connectivity index (χ2v) is 4.90. The maximum absolute atomic E-state index is 11.6. The van der Waals surface area contributed by atoms with Crippen molar-refractivity contribution in [3.63, 3.8) is 0 Å². The minimum atomic E-state index is -1.05. The van der Waals surface area contributed by atoms with E-state index in [9.17, 15) is 9.59 Å². The molecule has 1 rings (SSSR count). The van der Waals surface area contributed by atoms with Crippen LogP contribution in [0.15, 0.2) is 22.7 Å².